The molecular formula is C17H23FN4O2. The van der Waals surface area contributed by atoms with Crippen molar-refractivity contribution in [1.82, 2.24) is 10.2 Å². The van der Waals surface area contributed by atoms with Crippen LogP contribution in [0.4, 0.5) is 10.1 Å². The summed E-state index contributed by atoms with van der Waals surface area (Å²) in [5.74, 6) is 0.103. The van der Waals surface area contributed by atoms with E-state index in [1.54, 1.807) is 19.2 Å². The molecule has 1 amide bonds. The van der Waals surface area contributed by atoms with Crippen LogP contribution in [0.1, 0.15) is 12.8 Å². The van der Waals surface area contributed by atoms with E-state index in [1.807, 2.05) is 0 Å². The summed E-state index contributed by atoms with van der Waals surface area (Å²) < 4.78 is 18.7. The van der Waals surface area contributed by atoms with Gasteiger partial charge in [-0.2, -0.15) is 0 Å². The van der Waals surface area contributed by atoms with Gasteiger partial charge < -0.3 is 20.3 Å². The fourth-order valence-corrected chi connectivity index (χ4v) is 3.35. The third kappa shape index (κ3) is 3.84. The third-order valence-electron chi connectivity index (χ3n) is 4.65. The number of ether oxygens (including phenoxy) is 1. The predicted octanol–water partition coefficient (Wildman–Crippen LogP) is 1.45. The highest BCUT2D eigenvalue weighted by molar-refractivity contribution is 5.95. The first-order valence-electron chi connectivity index (χ1n) is 8.19. The Morgan fingerprint density at radius 2 is 2.33 bits per heavy atom. The van der Waals surface area contributed by atoms with Crippen LogP contribution in [-0.4, -0.2) is 56.7 Å². The van der Waals surface area contributed by atoms with Crippen LogP contribution in [0.3, 0.4) is 0 Å². The van der Waals surface area contributed by atoms with Crippen LogP contribution in [0.5, 0.6) is 0 Å². The van der Waals surface area contributed by atoms with Gasteiger partial charge in [-0.3, -0.25) is 9.79 Å². The maximum atomic E-state index is 13.1. The summed E-state index contributed by atoms with van der Waals surface area (Å²) in [6.07, 6.45) is 2.17. The Morgan fingerprint density at radius 1 is 1.46 bits per heavy atom. The normalized spacial score (nSPS) is 23.8. The quantitative estimate of drug-likeness (QED) is 0.649. The molecule has 2 aliphatic heterocycles. The van der Waals surface area contributed by atoms with Crippen molar-refractivity contribution >= 4 is 17.6 Å². The van der Waals surface area contributed by atoms with Crippen molar-refractivity contribution in [3.05, 3.63) is 30.1 Å². The number of aliphatic imine (C=N–C) groups is 1. The molecule has 1 spiro atoms. The molecule has 7 heteroatoms. The highest BCUT2D eigenvalue weighted by Crippen LogP contribution is 2.38. The van der Waals surface area contributed by atoms with Crippen molar-refractivity contribution in [3.8, 4) is 0 Å². The molecule has 6 nitrogen and oxygen atoms in total. The van der Waals surface area contributed by atoms with E-state index in [2.05, 4.69) is 20.5 Å². The van der Waals surface area contributed by atoms with E-state index in [0.717, 1.165) is 39.1 Å². The summed E-state index contributed by atoms with van der Waals surface area (Å²) in [4.78, 5) is 18.5. The number of rotatable bonds is 3. The van der Waals surface area contributed by atoms with Crippen LogP contribution in [0.2, 0.25) is 0 Å². The zero-order valence-corrected chi connectivity index (χ0v) is 13.8. The predicted molar refractivity (Wildman–Crippen MR) is 90.5 cm³/mol. The lowest BCUT2D eigenvalue weighted by atomic mass is 9.87. The lowest BCUT2D eigenvalue weighted by molar-refractivity contribution is -0.115. The number of likely N-dealkylation sites (tertiary alicyclic amines) is 1. The Morgan fingerprint density at radius 3 is 3.04 bits per heavy atom. The van der Waals surface area contributed by atoms with Crippen molar-refractivity contribution in [2.75, 3.05) is 45.2 Å². The summed E-state index contributed by atoms with van der Waals surface area (Å²) >= 11 is 0. The molecule has 0 aliphatic carbocycles. The molecule has 2 aliphatic rings. The number of nitrogens with one attached hydrogen (secondary N) is 2. The Bertz CT molecular complexity index is 629. The standard InChI is InChI=1S/C17H23FN4O2/c1-19-16(22-7-5-17(11-22)6-8-24-12-17)20-10-15(23)21-14-4-2-3-13(18)9-14/h2-4,9H,5-8,10-12H2,1H3,(H,19,20)(H,21,23). The van der Waals surface area contributed by atoms with Crippen molar-refractivity contribution in [1.29, 1.82) is 0 Å². The van der Waals surface area contributed by atoms with Crippen molar-refractivity contribution in [2.24, 2.45) is 10.4 Å². The van der Waals surface area contributed by atoms with Crippen molar-refractivity contribution in [3.63, 3.8) is 0 Å². The smallest absolute Gasteiger partial charge is 0.243 e. The number of guanidine groups is 1. The zero-order valence-electron chi connectivity index (χ0n) is 13.8. The van der Waals surface area contributed by atoms with Crippen LogP contribution < -0.4 is 10.6 Å². The molecule has 1 aromatic carbocycles. The molecule has 2 fully saturated rings. The van der Waals surface area contributed by atoms with Gasteiger partial charge in [0.05, 0.1) is 13.2 Å². The second-order valence-electron chi connectivity index (χ2n) is 6.43. The zero-order chi connectivity index (χ0) is 17.0. The van der Waals surface area contributed by atoms with Gasteiger partial charge in [-0.1, -0.05) is 6.07 Å². The Balaban J connectivity index is 1.50. The van der Waals surface area contributed by atoms with Gasteiger partial charge in [0.2, 0.25) is 5.91 Å². The molecule has 0 aromatic heterocycles. The van der Waals surface area contributed by atoms with Gasteiger partial charge in [0.1, 0.15) is 5.82 Å². The van der Waals surface area contributed by atoms with E-state index in [9.17, 15) is 9.18 Å². The van der Waals surface area contributed by atoms with Gasteiger partial charge in [0, 0.05) is 37.8 Å². The van der Waals surface area contributed by atoms with E-state index >= 15 is 0 Å². The molecule has 24 heavy (non-hydrogen) atoms. The van der Waals surface area contributed by atoms with Gasteiger partial charge >= 0.3 is 0 Å². The summed E-state index contributed by atoms with van der Waals surface area (Å²) in [5.41, 5.74) is 0.682. The minimum Gasteiger partial charge on any atom is -0.381 e. The monoisotopic (exact) mass is 334 g/mol. The number of halogens is 1. The maximum Gasteiger partial charge on any atom is 0.243 e. The lowest BCUT2D eigenvalue weighted by Gasteiger charge is -2.24. The average molecular weight is 334 g/mol. The molecule has 130 valence electrons. The molecule has 0 saturated carbocycles. The van der Waals surface area contributed by atoms with Crippen LogP contribution in [-0.2, 0) is 9.53 Å². The number of anilines is 1. The second-order valence-corrected chi connectivity index (χ2v) is 6.43. The summed E-state index contributed by atoms with van der Waals surface area (Å²) in [5, 5.41) is 5.75. The van der Waals surface area contributed by atoms with Gasteiger partial charge in [-0.05, 0) is 31.0 Å². The van der Waals surface area contributed by atoms with E-state index < -0.39 is 0 Å². The number of nitrogens with zero attached hydrogens (tertiary/aromatic N) is 2. The molecule has 1 atom stereocenters. The van der Waals surface area contributed by atoms with E-state index in [1.165, 1.54) is 12.1 Å². The third-order valence-corrected chi connectivity index (χ3v) is 4.65. The van der Waals surface area contributed by atoms with Crippen molar-refractivity contribution in [2.45, 2.75) is 12.8 Å². The van der Waals surface area contributed by atoms with Crippen LogP contribution in [0.15, 0.2) is 29.3 Å². The first-order chi connectivity index (χ1) is 11.6. The van der Waals surface area contributed by atoms with E-state index in [0.29, 0.717) is 11.6 Å². The first-order valence-corrected chi connectivity index (χ1v) is 8.19. The van der Waals surface area contributed by atoms with Crippen molar-refractivity contribution < 1.29 is 13.9 Å². The first kappa shape index (κ1) is 16.7. The number of carbonyl (C=O) groups excluding carboxylic acids is 1. The summed E-state index contributed by atoms with van der Waals surface area (Å²) in [7, 11) is 1.71. The van der Waals surface area contributed by atoms with E-state index in [4.69, 9.17) is 4.74 Å². The summed E-state index contributed by atoms with van der Waals surface area (Å²) in [6, 6.07) is 5.84. The number of benzene rings is 1. The molecule has 1 aromatic rings. The Labute approximate surface area is 141 Å². The minimum atomic E-state index is -0.377. The second kappa shape index (κ2) is 7.17. The molecule has 0 radical (unpaired) electrons. The van der Waals surface area contributed by atoms with Crippen LogP contribution in [0, 0.1) is 11.2 Å². The lowest BCUT2D eigenvalue weighted by Crippen LogP contribution is -2.44. The molecule has 3 rings (SSSR count). The SMILES string of the molecule is CN=C(NCC(=O)Nc1cccc(F)c1)N1CCC2(CCOC2)C1. The highest BCUT2D eigenvalue weighted by atomic mass is 19.1. The maximum absolute atomic E-state index is 13.1. The molecule has 2 heterocycles. The number of hydrogen-bond donors (Lipinski definition) is 2. The van der Waals surface area contributed by atoms with Crippen LogP contribution >= 0.6 is 0 Å². The Hall–Kier alpha value is -2.15. The fraction of sp³-hybridized carbons (Fsp3) is 0.529. The summed E-state index contributed by atoms with van der Waals surface area (Å²) in [6.45, 7) is 3.53. The van der Waals surface area contributed by atoms with Gasteiger partial charge in [-0.15, -0.1) is 0 Å². The number of carbonyl (C=O) groups is 1. The van der Waals surface area contributed by atoms with Gasteiger partial charge in [-0.25, -0.2) is 4.39 Å². The largest absolute Gasteiger partial charge is 0.381 e. The minimum absolute atomic E-state index is 0.0865. The molecule has 0 bridgehead atoms. The average Bonchev–Trinajstić information content (AvgIpc) is 3.19. The van der Waals surface area contributed by atoms with E-state index in [-0.39, 0.29) is 23.7 Å². The highest BCUT2D eigenvalue weighted by Gasteiger charge is 2.42. The van der Waals surface area contributed by atoms with Crippen LogP contribution in [0.25, 0.3) is 0 Å². The molecule has 2 saturated heterocycles. The molecule has 2 N–H and O–H groups in total. The van der Waals surface area contributed by atoms with Gasteiger partial charge in [0.25, 0.3) is 0 Å². The Kier molecular flexibility index (Phi) is 4.99. The van der Waals surface area contributed by atoms with Gasteiger partial charge in [0.15, 0.2) is 5.96 Å². The number of hydrogen-bond acceptors (Lipinski definition) is 3. The molecular weight excluding hydrogens is 311 g/mol. The number of amides is 1. The topological polar surface area (TPSA) is 66.0 Å². The molecule has 1 unspecified atom stereocenters. The fourth-order valence-electron chi connectivity index (χ4n) is 3.35.